The van der Waals surface area contributed by atoms with E-state index in [0.29, 0.717) is 23.9 Å². The monoisotopic (exact) mass is 390 g/mol. The second kappa shape index (κ2) is 9.68. The predicted molar refractivity (Wildman–Crippen MR) is 115 cm³/mol. The van der Waals surface area contributed by atoms with Crippen LogP contribution in [0.1, 0.15) is 35.7 Å². The normalized spacial score (nSPS) is 10.6. The summed E-state index contributed by atoms with van der Waals surface area (Å²) in [5.74, 6) is 1.57. The maximum Gasteiger partial charge on any atom is 0.270 e. The van der Waals surface area contributed by atoms with Gasteiger partial charge in [0.2, 0.25) is 0 Å². The fraction of sp³-hybridized carbons (Fsp3) is 0.261. The SMILES string of the molecule is Cc1nc(Nc2ccccc2OC(C)C)cc(C(=O)NCCc2ccccc2)n1. The van der Waals surface area contributed by atoms with Crippen molar-refractivity contribution in [2.75, 3.05) is 11.9 Å². The number of anilines is 2. The minimum Gasteiger partial charge on any atom is -0.489 e. The number of rotatable bonds is 8. The van der Waals surface area contributed by atoms with E-state index < -0.39 is 0 Å². The number of ether oxygens (including phenoxy) is 1. The number of nitrogens with one attached hydrogen (secondary N) is 2. The summed E-state index contributed by atoms with van der Waals surface area (Å²) in [5, 5.41) is 6.16. The number of aryl methyl sites for hydroxylation is 1. The Bertz CT molecular complexity index is 958. The van der Waals surface area contributed by atoms with Gasteiger partial charge in [-0.1, -0.05) is 42.5 Å². The molecule has 1 amide bonds. The van der Waals surface area contributed by atoms with Crippen molar-refractivity contribution < 1.29 is 9.53 Å². The van der Waals surface area contributed by atoms with Gasteiger partial charge in [0.05, 0.1) is 11.8 Å². The Hall–Kier alpha value is -3.41. The number of carbonyl (C=O) groups is 1. The Labute approximate surface area is 171 Å². The van der Waals surface area contributed by atoms with Gasteiger partial charge in [-0.15, -0.1) is 0 Å². The molecule has 0 fully saturated rings. The first-order valence-electron chi connectivity index (χ1n) is 9.72. The minimum atomic E-state index is -0.221. The van der Waals surface area contributed by atoms with Gasteiger partial charge in [-0.05, 0) is 44.9 Å². The lowest BCUT2D eigenvalue weighted by Gasteiger charge is -2.15. The molecule has 150 valence electrons. The average Bonchev–Trinajstić information content (AvgIpc) is 2.69. The molecule has 29 heavy (non-hydrogen) atoms. The summed E-state index contributed by atoms with van der Waals surface area (Å²) in [6, 6.07) is 19.3. The highest BCUT2D eigenvalue weighted by Crippen LogP contribution is 2.27. The van der Waals surface area contributed by atoms with Gasteiger partial charge in [0, 0.05) is 12.6 Å². The number of hydrogen-bond acceptors (Lipinski definition) is 5. The van der Waals surface area contributed by atoms with Crippen LogP contribution in [0, 0.1) is 6.92 Å². The lowest BCUT2D eigenvalue weighted by Crippen LogP contribution is -2.27. The molecule has 0 aliphatic rings. The summed E-state index contributed by atoms with van der Waals surface area (Å²) >= 11 is 0. The number of para-hydroxylation sites is 2. The van der Waals surface area contributed by atoms with Crippen LogP contribution < -0.4 is 15.4 Å². The molecule has 0 atom stereocenters. The number of benzene rings is 2. The molecule has 1 aromatic heterocycles. The van der Waals surface area contributed by atoms with E-state index in [1.54, 1.807) is 13.0 Å². The highest BCUT2D eigenvalue weighted by Gasteiger charge is 2.12. The average molecular weight is 390 g/mol. The maximum absolute atomic E-state index is 12.6. The van der Waals surface area contributed by atoms with Crippen LogP contribution in [0.4, 0.5) is 11.5 Å². The third-order valence-corrected chi connectivity index (χ3v) is 4.13. The quantitative estimate of drug-likeness (QED) is 0.600. The van der Waals surface area contributed by atoms with Crippen molar-refractivity contribution in [3.63, 3.8) is 0 Å². The minimum absolute atomic E-state index is 0.0519. The first-order valence-corrected chi connectivity index (χ1v) is 9.72. The molecule has 0 aliphatic heterocycles. The van der Waals surface area contributed by atoms with Crippen molar-refractivity contribution in [2.24, 2.45) is 0 Å². The standard InChI is InChI=1S/C23H26N4O2/c1-16(2)29-21-12-8-7-11-19(21)27-22-15-20(25-17(3)26-22)23(28)24-14-13-18-9-5-4-6-10-18/h4-12,15-16H,13-14H2,1-3H3,(H,24,28)(H,25,26,27). The Balaban J connectivity index is 1.69. The van der Waals surface area contributed by atoms with Gasteiger partial charge in [0.15, 0.2) is 0 Å². The fourth-order valence-electron chi connectivity index (χ4n) is 2.87. The van der Waals surface area contributed by atoms with Gasteiger partial charge in [0.1, 0.15) is 23.1 Å². The summed E-state index contributed by atoms with van der Waals surface area (Å²) in [4.78, 5) is 21.2. The Morgan fingerprint density at radius 1 is 1.03 bits per heavy atom. The maximum atomic E-state index is 12.6. The molecule has 0 saturated heterocycles. The topological polar surface area (TPSA) is 76.1 Å². The lowest BCUT2D eigenvalue weighted by molar-refractivity contribution is 0.0949. The van der Waals surface area contributed by atoms with E-state index in [1.165, 1.54) is 5.56 Å². The zero-order valence-corrected chi connectivity index (χ0v) is 17.0. The molecule has 0 bridgehead atoms. The molecule has 2 aromatic carbocycles. The first kappa shape index (κ1) is 20.3. The van der Waals surface area contributed by atoms with Crippen molar-refractivity contribution >= 4 is 17.4 Å². The summed E-state index contributed by atoms with van der Waals surface area (Å²) < 4.78 is 5.84. The molecule has 6 nitrogen and oxygen atoms in total. The lowest BCUT2D eigenvalue weighted by atomic mass is 10.1. The Kier molecular flexibility index (Phi) is 6.79. The smallest absolute Gasteiger partial charge is 0.270 e. The van der Waals surface area contributed by atoms with Gasteiger partial charge in [0.25, 0.3) is 5.91 Å². The fourth-order valence-corrected chi connectivity index (χ4v) is 2.87. The molecular formula is C23H26N4O2. The number of aromatic nitrogens is 2. The molecule has 0 spiro atoms. The molecule has 3 rings (SSSR count). The van der Waals surface area contributed by atoms with Crippen LogP contribution in [0.5, 0.6) is 5.75 Å². The summed E-state index contributed by atoms with van der Waals surface area (Å²) in [6.45, 7) is 6.26. The van der Waals surface area contributed by atoms with E-state index in [1.807, 2.05) is 68.4 Å². The number of hydrogen-bond donors (Lipinski definition) is 2. The molecule has 1 heterocycles. The van der Waals surface area contributed by atoms with Crippen LogP contribution in [0.2, 0.25) is 0 Å². The highest BCUT2D eigenvalue weighted by atomic mass is 16.5. The van der Waals surface area contributed by atoms with E-state index in [2.05, 4.69) is 20.6 Å². The number of carbonyl (C=O) groups excluding carboxylic acids is 1. The zero-order valence-electron chi connectivity index (χ0n) is 17.0. The second-order valence-corrected chi connectivity index (χ2v) is 6.96. The van der Waals surface area contributed by atoms with E-state index in [4.69, 9.17) is 4.74 Å². The molecule has 0 unspecified atom stereocenters. The largest absolute Gasteiger partial charge is 0.489 e. The van der Waals surface area contributed by atoms with Gasteiger partial charge < -0.3 is 15.4 Å². The molecule has 3 aromatic rings. The molecule has 0 saturated carbocycles. The second-order valence-electron chi connectivity index (χ2n) is 6.96. The van der Waals surface area contributed by atoms with Crippen molar-refractivity contribution in [2.45, 2.75) is 33.3 Å². The van der Waals surface area contributed by atoms with E-state index >= 15 is 0 Å². The van der Waals surface area contributed by atoms with Gasteiger partial charge >= 0.3 is 0 Å². The molecule has 6 heteroatoms. The van der Waals surface area contributed by atoms with Crippen LogP contribution in [-0.4, -0.2) is 28.5 Å². The van der Waals surface area contributed by atoms with Crippen LogP contribution in [0.3, 0.4) is 0 Å². The number of amides is 1. The van der Waals surface area contributed by atoms with Crippen molar-refractivity contribution in [3.8, 4) is 5.75 Å². The predicted octanol–water partition coefficient (Wildman–Crippen LogP) is 4.29. The van der Waals surface area contributed by atoms with E-state index in [0.717, 1.165) is 17.9 Å². The van der Waals surface area contributed by atoms with Gasteiger partial charge in [-0.2, -0.15) is 0 Å². The third-order valence-electron chi connectivity index (χ3n) is 4.13. The summed E-state index contributed by atoms with van der Waals surface area (Å²) in [5.41, 5.74) is 2.29. The molecule has 0 radical (unpaired) electrons. The van der Waals surface area contributed by atoms with Crippen LogP contribution in [0.15, 0.2) is 60.7 Å². The van der Waals surface area contributed by atoms with Crippen molar-refractivity contribution in [1.82, 2.24) is 15.3 Å². The van der Waals surface area contributed by atoms with Crippen LogP contribution in [0.25, 0.3) is 0 Å². The summed E-state index contributed by atoms with van der Waals surface area (Å²) in [7, 11) is 0. The third kappa shape index (κ3) is 6.04. The van der Waals surface area contributed by atoms with Gasteiger partial charge in [-0.25, -0.2) is 9.97 Å². The number of nitrogens with zero attached hydrogens (tertiary/aromatic N) is 2. The highest BCUT2D eigenvalue weighted by molar-refractivity contribution is 5.93. The Morgan fingerprint density at radius 2 is 1.76 bits per heavy atom. The van der Waals surface area contributed by atoms with Crippen molar-refractivity contribution in [1.29, 1.82) is 0 Å². The van der Waals surface area contributed by atoms with Gasteiger partial charge in [-0.3, -0.25) is 4.79 Å². The van der Waals surface area contributed by atoms with Crippen LogP contribution >= 0.6 is 0 Å². The van der Waals surface area contributed by atoms with Crippen LogP contribution in [-0.2, 0) is 6.42 Å². The molecule has 0 aliphatic carbocycles. The van der Waals surface area contributed by atoms with Crippen molar-refractivity contribution in [3.05, 3.63) is 77.7 Å². The first-order chi connectivity index (χ1) is 14.0. The Morgan fingerprint density at radius 3 is 2.52 bits per heavy atom. The molecular weight excluding hydrogens is 364 g/mol. The summed E-state index contributed by atoms with van der Waals surface area (Å²) in [6.07, 6.45) is 0.817. The molecule has 2 N–H and O–H groups in total. The zero-order chi connectivity index (χ0) is 20.6. The van der Waals surface area contributed by atoms with E-state index in [9.17, 15) is 4.79 Å². The van der Waals surface area contributed by atoms with E-state index in [-0.39, 0.29) is 12.0 Å².